The van der Waals surface area contributed by atoms with E-state index in [0.29, 0.717) is 13.0 Å². The lowest BCUT2D eigenvalue weighted by Gasteiger charge is -2.33. The first kappa shape index (κ1) is 11.3. The van der Waals surface area contributed by atoms with Crippen molar-refractivity contribution >= 4 is 24.2 Å². The van der Waals surface area contributed by atoms with E-state index < -0.39 is 0 Å². The van der Waals surface area contributed by atoms with Crippen LogP contribution >= 0.6 is 12.4 Å². The largest absolute Gasteiger partial charge is 0.335 e. The van der Waals surface area contributed by atoms with Gasteiger partial charge < -0.3 is 15.5 Å². The second kappa shape index (κ2) is 3.74. The molecule has 2 heterocycles. The molecule has 5 nitrogen and oxygen atoms in total. The normalized spacial score (nSPS) is 31.6. The van der Waals surface area contributed by atoms with Crippen LogP contribution in [0.15, 0.2) is 0 Å². The van der Waals surface area contributed by atoms with E-state index >= 15 is 0 Å². The van der Waals surface area contributed by atoms with E-state index in [9.17, 15) is 9.59 Å². The van der Waals surface area contributed by atoms with Gasteiger partial charge in [-0.1, -0.05) is 0 Å². The summed E-state index contributed by atoms with van der Waals surface area (Å²) in [6.07, 6.45) is 0.606. The Kier molecular flexibility index (Phi) is 3.01. The monoisotopic (exact) mass is 219 g/mol. The zero-order valence-corrected chi connectivity index (χ0v) is 8.79. The third kappa shape index (κ3) is 1.57. The van der Waals surface area contributed by atoms with Crippen molar-refractivity contribution < 1.29 is 9.59 Å². The standard InChI is InChI=1S/C8H13N3O2.ClH/c1-10-4-7(12)11-3-5(9)2-6(11)8(10)13;/h5-6H,2-4,9H2,1H3;1H/t5-,6-;/m0./s1. The van der Waals surface area contributed by atoms with Crippen LogP contribution in [-0.4, -0.2) is 53.8 Å². The number of carbonyl (C=O) groups excluding carboxylic acids is 2. The summed E-state index contributed by atoms with van der Waals surface area (Å²) in [5.41, 5.74) is 5.70. The molecule has 0 saturated carbocycles. The van der Waals surface area contributed by atoms with E-state index in [1.165, 1.54) is 4.90 Å². The number of nitrogens with zero attached hydrogens (tertiary/aromatic N) is 2. The number of amides is 2. The molecule has 80 valence electrons. The van der Waals surface area contributed by atoms with E-state index in [0.717, 1.165) is 0 Å². The molecule has 2 amide bonds. The zero-order chi connectivity index (χ0) is 9.59. The summed E-state index contributed by atoms with van der Waals surface area (Å²) in [6.45, 7) is 0.727. The molecular formula is C8H14ClN3O2. The predicted molar refractivity (Wildman–Crippen MR) is 53.0 cm³/mol. The van der Waals surface area contributed by atoms with Crippen LogP contribution in [0.3, 0.4) is 0 Å². The molecule has 2 N–H and O–H groups in total. The number of piperazine rings is 1. The number of rotatable bonds is 0. The van der Waals surface area contributed by atoms with Crippen molar-refractivity contribution in [3.05, 3.63) is 0 Å². The minimum Gasteiger partial charge on any atom is -0.335 e. The maximum absolute atomic E-state index is 11.6. The molecule has 6 heteroatoms. The Balaban J connectivity index is 0.000000980. The lowest BCUT2D eigenvalue weighted by atomic mass is 10.1. The summed E-state index contributed by atoms with van der Waals surface area (Å²) < 4.78 is 0. The van der Waals surface area contributed by atoms with Gasteiger partial charge in [0, 0.05) is 19.6 Å². The smallest absolute Gasteiger partial charge is 0.245 e. The van der Waals surface area contributed by atoms with Crippen molar-refractivity contribution in [1.82, 2.24) is 9.80 Å². The molecule has 2 atom stereocenters. The van der Waals surface area contributed by atoms with Gasteiger partial charge in [0.15, 0.2) is 0 Å². The highest BCUT2D eigenvalue weighted by molar-refractivity contribution is 5.95. The molecule has 14 heavy (non-hydrogen) atoms. The van der Waals surface area contributed by atoms with Crippen LogP contribution in [0.4, 0.5) is 0 Å². The van der Waals surface area contributed by atoms with Gasteiger partial charge in [0.2, 0.25) is 11.8 Å². The molecule has 0 unspecified atom stereocenters. The number of fused-ring (bicyclic) bond motifs is 1. The van der Waals surface area contributed by atoms with Crippen LogP contribution in [0.1, 0.15) is 6.42 Å². The number of hydrogen-bond donors (Lipinski definition) is 1. The van der Waals surface area contributed by atoms with Crippen molar-refractivity contribution in [1.29, 1.82) is 0 Å². The van der Waals surface area contributed by atoms with Gasteiger partial charge in [-0.25, -0.2) is 0 Å². The van der Waals surface area contributed by atoms with Crippen molar-refractivity contribution in [2.45, 2.75) is 18.5 Å². The number of likely N-dealkylation sites (N-methyl/N-ethyl adjacent to an activating group) is 1. The molecule has 2 rings (SSSR count). The fraction of sp³-hybridized carbons (Fsp3) is 0.750. The second-order valence-corrected chi connectivity index (χ2v) is 3.75. The van der Waals surface area contributed by atoms with Gasteiger partial charge in [-0.05, 0) is 6.42 Å². The van der Waals surface area contributed by atoms with Crippen LogP contribution < -0.4 is 5.73 Å². The Bertz CT molecular complexity index is 271. The Labute approximate surface area is 88.6 Å². The summed E-state index contributed by atoms with van der Waals surface area (Å²) in [7, 11) is 1.65. The van der Waals surface area contributed by atoms with Crippen molar-refractivity contribution in [3.8, 4) is 0 Å². The minimum atomic E-state index is -0.291. The fourth-order valence-electron chi connectivity index (χ4n) is 2.00. The molecule has 0 aromatic heterocycles. The molecule has 2 saturated heterocycles. The Hall–Kier alpha value is -0.810. The predicted octanol–water partition coefficient (Wildman–Crippen LogP) is -1.19. The Morgan fingerprint density at radius 1 is 1.43 bits per heavy atom. The van der Waals surface area contributed by atoms with Gasteiger partial charge in [0.05, 0.1) is 6.54 Å². The topological polar surface area (TPSA) is 66.6 Å². The Morgan fingerprint density at radius 3 is 2.71 bits per heavy atom. The first-order valence-corrected chi connectivity index (χ1v) is 4.39. The molecule has 0 aromatic carbocycles. The van der Waals surface area contributed by atoms with Crippen LogP contribution in [0, 0.1) is 0 Å². The van der Waals surface area contributed by atoms with Crippen LogP contribution in [0.25, 0.3) is 0 Å². The van der Waals surface area contributed by atoms with Gasteiger partial charge in [-0.3, -0.25) is 9.59 Å². The summed E-state index contributed by atoms with van der Waals surface area (Å²) >= 11 is 0. The third-order valence-electron chi connectivity index (χ3n) is 2.69. The second-order valence-electron chi connectivity index (χ2n) is 3.75. The quantitative estimate of drug-likeness (QED) is 0.557. The molecule has 2 fully saturated rings. The molecule has 2 aliphatic rings. The maximum atomic E-state index is 11.6. The fourth-order valence-corrected chi connectivity index (χ4v) is 2.00. The van der Waals surface area contributed by atoms with Gasteiger partial charge in [-0.15, -0.1) is 12.4 Å². The zero-order valence-electron chi connectivity index (χ0n) is 7.97. The highest BCUT2D eigenvalue weighted by Gasteiger charge is 2.43. The number of hydrogen-bond acceptors (Lipinski definition) is 3. The third-order valence-corrected chi connectivity index (χ3v) is 2.69. The van der Waals surface area contributed by atoms with E-state index in [1.807, 2.05) is 0 Å². The van der Waals surface area contributed by atoms with Gasteiger partial charge in [0.25, 0.3) is 0 Å². The van der Waals surface area contributed by atoms with Gasteiger partial charge in [0.1, 0.15) is 6.04 Å². The molecular weight excluding hydrogens is 206 g/mol. The maximum Gasteiger partial charge on any atom is 0.245 e. The molecule has 2 aliphatic heterocycles. The number of carbonyl (C=O) groups is 2. The average molecular weight is 220 g/mol. The number of nitrogens with two attached hydrogens (primary N) is 1. The van der Waals surface area contributed by atoms with E-state index in [-0.39, 0.29) is 42.8 Å². The first-order valence-electron chi connectivity index (χ1n) is 4.39. The molecule has 0 bridgehead atoms. The molecule has 0 aliphatic carbocycles. The highest BCUT2D eigenvalue weighted by atomic mass is 35.5. The van der Waals surface area contributed by atoms with Gasteiger partial charge in [-0.2, -0.15) is 0 Å². The molecule has 0 radical (unpaired) electrons. The van der Waals surface area contributed by atoms with Crippen LogP contribution in [0.5, 0.6) is 0 Å². The number of halogens is 1. The summed E-state index contributed by atoms with van der Waals surface area (Å²) in [5.74, 6) is 0.0348. The average Bonchev–Trinajstić information content (AvgIpc) is 2.44. The van der Waals surface area contributed by atoms with Gasteiger partial charge >= 0.3 is 0 Å². The van der Waals surface area contributed by atoms with Crippen molar-refractivity contribution in [2.24, 2.45) is 5.73 Å². The van der Waals surface area contributed by atoms with E-state index in [4.69, 9.17) is 5.73 Å². The van der Waals surface area contributed by atoms with Crippen LogP contribution in [0.2, 0.25) is 0 Å². The van der Waals surface area contributed by atoms with E-state index in [1.54, 1.807) is 11.9 Å². The van der Waals surface area contributed by atoms with E-state index in [2.05, 4.69) is 0 Å². The lowest BCUT2D eigenvalue weighted by molar-refractivity contribution is -0.152. The van der Waals surface area contributed by atoms with Crippen molar-refractivity contribution in [3.63, 3.8) is 0 Å². The van der Waals surface area contributed by atoms with Crippen LogP contribution in [-0.2, 0) is 9.59 Å². The highest BCUT2D eigenvalue weighted by Crippen LogP contribution is 2.21. The Morgan fingerprint density at radius 2 is 2.07 bits per heavy atom. The summed E-state index contributed by atoms with van der Waals surface area (Å²) in [5, 5.41) is 0. The SMILES string of the molecule is CN1CC(=O)N2C[C@@H](N)C[C@H]2C1=O.Cl. The lowest BCUT2D eigenvalue weighted by Crippen LogP contribution is -2.55. The molecule has 0 aromatic rings. The summed E-state index contributed by atoms with van der Waals surface area (Å²) in [4.78, 5) is 26.1. The molecule has 0 spiro atoms. The van der Waals surface area contributed by atoms with Crippen molar-refractivity contribution in [2.75, 3.05) is 20.1 Å². The summed E-state index contributed by atoms with van der Waals surface area (Å²) in [6, 6.07) is -0.328. The minimum absolute atomic E-state index is 0. The first-order chi connectivity index (χ1) is 6.09.